The summed E-state index contributed by atoms with van der Waals surface area (Å²) in [5.41, 5.74) is 0.115. The van der Waals surface area contributed by atoms with E-state index in [0.717, 1.165) is 30.3 Å². The van der Waals surface area contributed by atoms with Crippen molar-refractivity contribution in [1.82, 2.24) is 0 Å². The molecule has 0 aliphatic rings. The van der Waals surface area contributed by atoms with Crippen LogP contribution >= 0.6 is 0 Å². The van der Waals surface area contributed by atoms with Crippen LogP contribution in [0.4, 0.5) is 18.9 Å². The number of hydrogen-bond acceptors (Lipinski definition) is 3. The van der Waals surface area contributed by atoms with E-state index >= 15 is 0 Å². The number of ether oxygens (including phenoxy) is 1. The number of anilines is 1. The lowest BCUT2D eigenvalue weighted by molar-refractivity contribution is -0.119. The van der Waals surface area contributed by atoms with Crippen molar-refractivity contribution in [1.29, 1.82) is 0 Å². The molecule has 1 N–H and O–H groups in total. The zero-order valence-corrected chi connectivity index (χ0v) is 11.1. The molecule has 114 valence electrons. The highest BCUT2D eigenvalue weighted by atomic mass is 19.2. The Labute approximate surface area is 123 Å². The van der Waals surface area contributed by atoms with Crippen molar-refractivity contribution >= 4 is 17.6 Å². The summed E-state index contributed by atoms with van der Waals surface area (Å²) in [6, 6.07) is 7.41. The van der Waals surface area contributed by atoms with E-state index in [1.54, 1.807) is 0 Å². The van der Waals surface area contributed by atoms with Gasteiger partial charge in [-0.05, 0) is 36.4 Å². The van der Waals surface area contributed by atoms with Gasteiger partial charge in [-0.1, -0.05) is 0 Å². The maximum atomic E-state index is 13.0. The molecule has 0 atom stereocenters. The summed E-state index contributed by atoms with van der Waals surface area (Å²) in [6.45, 7) is -0.616. The predicted molar refractivity (Wildman–Crippen MR) is 71.7 cm³/mol. The van der Waals surface area contributed by atoms with Crippen molar-refractivity contribution in [2.75, 3.05) is 11.9 Å². The summed E-state index contributed by atoms with van der Waals surface area (Å²) < 4.78 is 43.1. The van der Waals surface area contributed by atoms with Gasteiger partial charge < -0.3 is 10.1 Å². The van der Waals surface area contributed by atoms with Gasteiger partial charge in [0.1, 0.15) is 5.82 Å². The molecule has 7 heteroatoms. The molecule has 0 saturated carbocycles. The number of esters is 1. The van der Waals surface area contributed by atoms with Crippen molar-refractivity contribution in [3.05, 3.63) is 65.5 Å². The Kier molecular flexibility index (Phi) is 4.77. The minimum Gasteiger partial charge on any atom is -0.452 e. The van der Waals surface area contributed by atoms with E-state index < -0.39 is 35.9 Å². The van der Waals surface area contributed by atoms with Crippen LogP contribution in [-0.2, 0) is 9.53 Å². The Morgan fingerprint density at radius 2 is 1.64 bits per heavy atom. The summed E-state index contributed by atoms with van der Waals surface area (Å²) in [7, 11) is 0. The van der Waals surface area contributed by atoms with Crippen LogP contribution in [0.15, 0.2) is 42.5 Å². The lowest BCUT2D eigenvalue weighted by atomic mass is 10.2. The predicted octanol–water partition coefficient (Wildman–Crippen LogP) is 2.90. The number of carbonyl (C=O) groups is 2. The Hall–Kier alpha value is -2.83. The molecule has 0 aliphatic carbocycles. The molecule has 0 radical (unpaired) electrons. The van der Waals surface area contributed by atoms with Gasteiger partial charge in [0, 0.05) is 11.8 Å². The number of benzene rings is 2. The molecule has 0 spiro atoms. The highest BCUT2D eigenvalue weighted by Gasteiger charge is 2.11. The minimum absolute atomic E-state index is 0.0294. The van der Waals surface area contributed by atoms with Crippen LogP contribution in [-0.4, -0.2) is 18.5 Å². The maximum Gasteiger partial charge on any atom is 0.338 e. The highest BCUT2D eigenvalue weighted by molar-refractivity contribution is 5.95. The van der Waals surface area contributed by atoms with Crippen molar-refractivity contribution < 1.29 is 27.5 Å². The van der Waals surface area contributed by atoms with E-state index in [9.17, 15) is 22.8 Å². The zero-order chi connectivity index (χ0) is 16.1. The molecule has 0 aliphatic heterocycles. The second-order valence-electron chi connectivity index (χ2n) is 4.26. The van der Waals surface area contributed by atoms with E-state index in [2.05, 4.69) is 5.32 Å². The Morgan fingerprint density at radius 1 is 0.955 bits per heavy atom. The van der Waals surface area contributed by atoms with Crippen LogP contribution < -0.4 is 5.32 Å². The van der Waals surface area contributed by atoms with Crippen LogP contribution in [0.25, 0.3) is 0 Å². The maximum absolute atomic E-state index is 13.0. The van der Waals surface area contributed by atoms with Crippen LogP contribution in [0.1, 0.15) is 10.4 Å². The largest absolute Gasteiger partial charge is 0.452 e. The zero-order valence-electron chi connectivity index (χ0n) is 11.1. The molecule has 0 unspecified atom stereocenters. The van der Waals surface area contributed by atoms with Crippen molar-refractivity contribution in [2.45, 2.75) is 0 Å². The molecule has 0 bridgehead atoms. The van der Waals surface area contributed by atoms with E-state index in [1.807, 2.05) is 0 Å². The highest BCUT2D eigenvalue weighted by Crippen LogP contribution is 2.13. The van der Waals surface area contributed by atoms with E-state index in [1.165, 1.54) is 12.1 Å². The molecule has 2 aromatic rings. The topological polar surface area (TPSA) is 55.4 Å². The third-order valence-electron chi connectivity index (χ3n) is 2.62. The van der Waals surface area contributed by atoms with Crippen molar-refractivity contribution in [3.8, 4) is 0 Å². The summed E-state index contributed by atoms with van der Waals surface area (Å²) in [5, 5.41) is 2.24. The fraction of sp³-hybridized carbons (Fsp3) is 0.0667. The monoisotopic (exact) mass is 309 g/mol. The Bertz CT molecular complexity index is 702. The number of hydrogen-bond donors (Lipinski definition) is 1. The molecule has 0 aromatic heterocycles. The molecule has 22 heavy (non-hydrogen) atoms. The summed E-state index contributed by atoms with van der Waals surface area (Å²) in [4.78, 5) is 23.1. The van der Waals surface area contributed by atoms with Crippen molar-refractivity contribution in [3.63, 3.8) is 0 Å². The number of nitrogens with one attached hydrogen (secondary N) is 1. The van der Waals surface area contributed by atoms with Gasteiger partial charge in [-0.3, -0.25) is 4.79 Å². The van der Waals surface area contributed by atoms with Gasteiger partial charge in [-0.2, -0.15) is 0 Å². The standard InChI is InChI=1S/C15H10F3NO3/c16-10-3-1-9(2-4-10)15(21)22-8-14(20)19-11-5-6-12(17)13(18)7-11/h1-7H,8H2,(H,19,20). The smallest absolute Gasteiger partial charge is 0.338 e. The van der Waals surface area contributed by atoms with Crippen LogP contribution in [0, 0.1) is 17.5 Å². The first-order valence-electron chi connectivity index (χ1n) is 6.13. The first-order chi connectivity index (χ1) is 10.5. The molecule has 0 saturated heterocycles. The van der Waals surface area contributed by atoms with Gasteiger partial charge >= 0.3 is 5.97 Å². The first-order valence-corrected chi connectivity index (χ1v) is 6.13. The number of halogens is 3. The molecule has 0 fully saturated rings. The fourth-order valence-electron chi connectivity index (χ4n) is 1.57. The van der Waals surface area contributed by atoms with Gasteiger partial charge in [0.05, 0.1) is 5.56 Å². The van der Waals surface area contributed by atoms with Gasteiger partial charge in [-0.25, -0.2) is 18.0 Å². The van der Waals surface area contributed by atoms with Crippen LogP contribution in [0.2, 0.25) is 0 Å². The van der Waals surface area contributed by atoms with Gasteiger partial charge in [0.25, 0.3) is 5.91 Å². The number of carbonyl (C=O) groups excluding carboxylic acids is 2. The van der Waals surface area contributed by atoms with Gasteiger partial charge in [0.2, 0.25) is 0 Å². The lowest BCUT2D eigenvalue weighted by Gasteiger charge is -2.07. The minimum atomic E-state index is -1.11. The van der Waals surface area contributed by atoms with Gasteiger partial charge in [0.15, 0.2) is 18.2 Å². The normalized spacial score (nSPS) is 10.1. The molecule has 2 rings (SSSR count). The fourth-order valence-corrected chi connectivity index (χ4v) is 1.57. The Morgan fingerprint density at radius 3 is 2.27 bits per heavy atom. The van der Waals surface area contributed by atoms with E-state index in [-0.39, 0.29) is 11.3 Å². The lowest BCUT2D eigenvalue weighted by Crippen LogP contribution is -2.21. The summed E-state index contributed by atoms with van der Waals surface area (Å²) >= 11 is 0. The van der Waals surface area contributed by atoms with Gasteiger partial charge in [-0.15, -0.1) is 0 Å². The third-order valence-corrected chi connectivity index (χ3v) is 2.62. The molecule has 1 amide bonds. The molecule has 0 heterocycles. The van der Waals surface area contributed by atoms with Crippen LogP contribution in [0.5, 0.6) is 0 Å². The average molecular weight is 309 g/mol. The second-order valence-corrected chi connectivity index (χ2v) is 4.26. The molecular formula is C15H10F3NO3. The molecule has 4 nitrogen and oxygen atoms in total. The van der Waals surface area contributed by atoms with Crippen molar-refractivity contribution in [2.24, 2.45) is 0 Å². The quantitative estimate of drug-likeness (QED) is 0.884. The van der Waals surface area contributed by atoms with E-state index in [0.29, 0.717) is 0 Å². The Balaban J connectivity index is 1.88. The molecule has 2 aromatic carbocycles. The van der Waals surface area contributed by atoms with Crippen LogP contribution in [0.3, 0.4) is 0 Å². The molecular weight excluding hydrogens is 299 g/mol. The SMILES string of the molecule is O=C(COC(=O)c1ccc(F)cc1)Nc1ccc(F)c(F)c1. The number of rotatable bonds is 4. The number of amides is 1. The first kappa shape index (κ1) is 15.6. The summed E-state index contributed by atoms with van der Waals surface area (Å²) in [6.07, 6.45) is 0. The average Bonchev–Trinajstić information content (AvgIpc) is 2.49. The summed E-state index contributed by atoms with van der Waals surface area (Å²) in [5.74, 6) is -4.18. The third kappa shape index (κ3) is 4.08. The van der Waals surface area contributed by atoms with E-state index in [4.69, 9.17) is 4.74 Å². The second kappa shape index (κ2) is 6.75.